The van der Waals surface area contributed by atoms with Crippen LogP contribution >= 0.6 is 0 Å². The van der Waals surface area contributed by atoms with Crippen molar-refractivity contribution in [3.63, 3.8) is 0 Å². The molecule has 0 aliphatic carbocycles. The molecule has 0 unspecified atom stereocenters. The summed E-state index contributed by atoms with van der Waals surface area (Å²) in [5.41, 5.74) is 0.528. The molecule has 8 heteroatoms. The molecule has 0 radical (unpaired) electrons. The van der Waals surface area contributed by atoms with Gasteiger partial charge in [-0.3, -0.25) is 14.3 Å². The molecule has 0 saturated heterocycles. The van der Waals surface area contributed by atoms with Crippen LogP contribution in [0.2, 0.25) is 0 Å². The first kappa shape index (κ1) is 18.5. The van der Waals surface area contributed by atoms with Gasteiger partial charge in [0.15, 0.2) is 0 Å². The summed E-state index contributed by atoms with van der Waals surface area (Å²) >= 11 is 0. The Kier molecular flexibility index (Phi) is 4.67. The first-order chi connectivity index (χ1) is 13.9. The molecule has 6 nitrogen and oxygen atoms in total. The lowest BCUT2D eigenvalue weighted by Gasteiger charge is -2.13. The number of nitrogens with zero attached hydrogens (tertiary/aromatic N) is 3. The summed E-state index contributed by atoms with van der Waals surface area (Å²) in [5, 5.41) is 7.55. The molecule has 0 aliphatic rings. The third-order valence-electron chi connectivity index (χ3n) is 4.56. The van der Waals surface area contributed by atoms with Gasteiger partial charge in [0.1, 0.15) is 11.6 Å². The molecule has 0 aliphatic heterocycles. The zero-order valence-corrected chi connectivity index (χ0v) is 15.4. The highest BCUT2D eigenvalue weighted by molar-refractivity contribution is 6.12. The van der Waals surface area contributed by atoms with Gasteiger partial charge in [0.05, 0.1) is 24.0 Å². The molecular formula is C21H16F2N4O2. The second kappa shape index (κ2) is 7.31. The minimum Gasteiger partial charge on any atom is -0.319 e. The van der Waals surface area contributed by atoms with Crippen molar-refractivity contribution in [3.05, 3.63) is 94.2 Å². The molecule has 2 heterocycles. The number of benzene rings is 2. The highest BCUT2D eigenvalue weighted by atomic mass is 19.1. The van der Waals surface area contributed by atoms with Gasteiger partial charge in [-0.2, -0.15) is 5.10 Å². The maximum atomic E-state index is 14.1. The third kappa shape index (κ3) is 3.64. The van der Waals surface area contributed by atoms with E-state index in [4.69, 9.17) is 0 Å². The molecule has 2 aromatic heterocycles. The standard InChI is InChI=1S/C21H16F2N4O2/c1-26-11-15(9-24-26)25-20(28)18-12-27(10-13-6-7-14(22)8-19(13)23)21(29)17-5-3-2-4-16(17)18/h2-9,11-12H,10H2,1H3,(H,25,28). The minimum atomic E-state index is -0.758. The average Bonchev–Trinajstić information content (AvgIpc) is 3.10. The van der Waals surface area contributed by atoms with Crippen LogP contribution in [-0.4, -0.2) is 20.3 Å². The van der Waals surface area contributed by atoms with Gasteiger partial charge in [0.2, 0.25) is 0 Å². The minimum absolute atomic E-state index is 0.136. The van der Waals surface area contributed by atoms with Crippen molar-refractivity contribution in [1.29, 1.82) is 0 Å². The number of hydrogen-bond acceptors (Lipinski definition) is 3. The number of pyridine rings is 1. The number of rotatable bonds is 4. The Morgan fingerprint density at radius 1 is 1.10 bits per heavy atom. The van der Waals surface area contributed by atoms with Crippen molar-refractivity contribution in [2.45, 2.75) is 6.54 Å². The summed E-state index contributed by atoms with van der Waals surface area (Å²) < 4.78 is 30.1. The van der Waals surface area contributed by atoms with Crippen LogP contribution in [0.1, 0.15) is 15.9 Å². The number of anilines is 1. The predicted octanol–water partition coefficient (Wildman–Crippen LogP) is 3.31. The van der Waals surface area contributed by atoms with Crippen LogP contribution in [0, 0.1) is 11.6 Å². The Labute approximate surface area is 164 Å². The highest BCUT2D eigenvalue weighted by Gasteiger charge is 2.16. The molecule has 2 aromatic carbocycles. The molecule has 4 rings (SSSR count). The Morgan fingerprint density at radius 3 is 2.55 bits per heavy atom. The molecule has 0 fully saturated rings. The highest BCUT2D eigenvalue weighted by Crippen LogP contribution is 2.19. The number of carbonyl (C=O) groups is 1. The first-order valence-corrected chi connectivity index (χ1v) is 8.78. The lowest BCUT2D eigenvalue weighted by atomic mass is 10.1. The summed E-state index contributed by atoms with van der Waals surface area (Å²) in [6, 6.07) is 9.87. The monoisotopic (exact) mass is 394 g/mol. The van der Waals surface area contributed by atoms with E-state index in [-0.39, 0.29) is 23.2 Å². The van der Waals surface area contributed by atoms with Crippen molar-refractivity contribution in [2.24, 2.45) is 7.05 Å². The molecule has 0 saturated carbocycles. The summed E-state index contributed by atoms with van der Waals surface area (Å²) in [5.74, 6) is -1.89. The molecule has 29 heavy (non-hydrogen) atoms. The Hall–Kier alpha value is -3.81. The molecule has 0 atom stereocenters. The normalized spacial score (nSPS) is 11.0. The number of nitrogens with one attached hydrogen (secondary N) is 1. The van der Waals surface area contributed by atoms with Crippen molar-refractivity contribution in [2.75, 3.05) is 5.32 Å². The van der Waals surface area contributed by atoms with E-state index in [9.17, 15) is 18.4 Å². The topological polar surface area (TPSA) is 68.9 Å². The van der Waals surface area contributed by atoms with Gasteiger partial charge >= 0.3 is 0 Å². The predicted molar refractivity (Wildman–Crippen MR) is 105 cm³/mol. The summed E-state index contributed by atoms with van der Waals surface area (Å²) in [6.45, 7) is -0.136. The maximum Gasteiger partial charge on any atom is 0.258 e. The number of carbonyl (C=O) groups excluding carboxylic acids is 1. The van der Waals surface area contributed by atoms with Crippen LogP contribution in [0.15, 0.2) is 65.8 Å². The number of halogens is 2. The van der Waals surface area contributed by atoms with E-state index in [2.05, 4.69) is 10.4 Å². The van der Waals surface area contributed by atoms with Crippen molar-refractivity contribution in [1.82, 2.24) is 14.3 Å². The fraction of sp³-hybridized carbons (Fsp3) is 0.0952. The lowest BCUT2D eigenvalue weighted by molar-refractivity contribution is 0.102. The maximum absolute atomic E-state index is 14.1. The zero-order chi connectivity index (χ0) is 20.5. The van der Waals surface area contributed by atoms with Gasteiger partial charge in [0, 0.05) is 41.8 Å². The fourth-order valence-electron chi connectivity index (χ4n) is 3.16. The smallest absolute Gasteiger partial charge is 0.258 e. The third-order valence-corrected chi connectivity index (χ3v) is 4.56. The second-order valence-corrected chi connectivity index (χ2v) is 6.61. The molecule has 0 spiro atoms. The second-order valence-electron chi connectivity index (χ2n) is 6.61. The largest absolute Gasteiger partial charge is 0.319 e. The fourth-order valence-corrected chi connectivity index (χ4v) is 3.16. The van der Waals surface area contributed by atoms with Gasteiger partial charge in [-0.25, -0.2) is 8.78 Å². The summed E-state index contributed by atoms with van der Waals surface area (Å²) in [6.07, 6.45) is 4.53. The van der Waals surface area contributed by atoms with E-state index < -0.39 is 17.5 Å². The van der Waals surface area contributed by atoms with Gasteiger partial charge in [0.25, 0.3) is 11.5 Å². The average molecular weight is 394 g/mol. The van der Waals surface area contributed by atoms with Crippen molar-refractivity contribution in [3.8, 4) is 0 Å². The molecule has 0 bridgehead atoms. The molecule has 1 amide bonds. The van der Waals surface area contributed by atoms with Crippen molar-refractivity contribution < 1.29 is 13.6 Å². The van der Waals surface area contributed by atoms with Crippen LogP contribution in [0.25, 0.3) is 10.8 Å². The molecule has 4 aromatic rings. The van der Waals surface area contributed by atoms with Gasteiger partial charge in [-0.05, 0) is 12.1 Å². The van der Waals surface area contributed by atoms with E-state index in [0.717, 1.165) is 12.1 Å². The van der Waals surface area contributed by atoms with Crippen LogP contribution in [-0.2, 0) is 13.6 Å². The van der Waals surface area contributed by atoms with Crippen LogP contribution in [0.3, 0.4) is 0 Å². The number of aryl methyl sites for hydroxylation is 1. The van der Waals surface area contributed by atoms with Crippen LogP contribution in [0.5, 0.6) is 0 Å². The van der Waals surface area contributed by atoms with Crippen molar-refractivity contribution >= 4 is 22.4 Å². The Bertz CT molecular complexity index is 1290. The number of aromatic nitrogens is 3. The zero-order valence-electron chi connectivity index (χ0n) is 15.4. The summed E-state index contributed by atoms with van der Waals surface area (Å²) in [7, 11) is 1.72. The van der Waals surface area contributed by atoms with E-state index >= 15 is 0 Å². The number of hydrogen-bond donors (Lipinski definition) is 1. The summed E-state index contributed by atoms with van der Waals surface area (Å²) in [4.78, 5) is 25.7. The van der Waals surface area contributed by atoms with E-state index in [1.54, 1.807) is 42.2 Å². The number of amides is 1. The van der Waals surface area contributed by atoms with E-state index in [0.29, 0.717) is 16.5 Å². The molecular weight excluding hydrogens is 378 g/mol. The van der Waals surface area contributed by atoms with Crippen LogP contribution < -0.4 is 10.9 Å². The molecule has 1 N–H and O–H groups in total. The SMILES string of the molecule is Cn1cc(NC(=O)c2cn(Cc3ccc(F)cc3F)c(=O)c3ccccc23)cn1. The first-order valence-electron chi connectivity index (χ1n) is 8.78. The van der Waals surface area contributed by atoms with E-state index in [1.165, 1.54) is 23.0 Å². The van der Waals surface area contributed by atoms with E-state index in [1.807, 2.05) is 0 Å². The quantitative estimate of drug-likeness (QED) is 0.577. The Balaban J connectivity index is 1.80. The van der Waals surface area contributed by atoms with Gasteiger partial charge in [-0.1, -0.05) is 24.3 Å². The molecule has 146 valence electrons. The number of fused-ring (bicyclic) bond motifs is 1. The Morgan fingerprint density at radius 2 is 1.86 bits per heavy atom. The van der Waals surface area contributed by atoms with Gasteiger partial charge in [-0.15, -0.1) is 0 Å². The lowest BCUT2D eigenvalue weighted by Crippen LogP contribution is -2.24. The van der Waals surface area contributed by atoms with Gasteiger partial charge < -0.3 is 9.88 Å². The van der Waals surface area contributed by atoms with Crippen LogP contribution in [0.4, 0.5) is 14.5 Å².